The van der Waals surface area contributed by atoms with Crippen LogP contribution in [0.5, 0.6) is 0 Å². The van der Waals surface area contributed by atoms with Crippen LogP contribution in [0, 0.1) is 5.92 Å². The number of rotatable bonds is 1. The second-order valence-corrected chi connectivity index (χ2v) is 6.04. The third-order valence-electron chi connectivity index (χ3n) is 4.36. The van der Waals surface area contributed by atoms with Crippen molar-refractivity contribution < 1.29 is 4.79 Å². The Kier molecular flexibility index (Phi) is 4.10. The maximum Gasteiger partial charge on any atom is 0.226 e. The van der Waals surface area contributed by atoms with Crippen LogP contribution in [0.1, 0.15) is 39.5 Å². The molecule has 1 amide bonds. The third kappa shape index (κ3) is 2.60. The number of nitrogens with two attached hydrogens (primary N) is 1. The molecule has 0 aliphatic carbocycles. The summed E-state index contributed by atoms with van der Waals surface area (Å²) >= 11 is 4.97. The number of likely N-dealkylation sites (tertiary alicyclic amines) is 2. The minimum Gasteiger partial charge on any atom is -0.376 e. The molecule has 18 heavy (non-hydrogen) atoms. The number of amides is 1. The summed E-state index contributed by atoms with van der Waals surface area (Å²) in [6.07, 6.45) is 4.04. The van der Waals surface area contributed by atoms with Crippen LogP contribution >= 0.6 is 12.2 Å². The normalized spacial score (nSPS) is 29.7. The maximum absolute atomic E-state index is 12.5. The molecule has 2 rings (SSSR count). The molecule has 4 nitrogen and oxygen atoms in total. The van der Waals surface area contributed by atoms with E-state index in [0.717, 1.165) is 38.8 Å². The molecular weight excluding hydrogens is 246 g/mol. The van der Waals surface area contributed by atoms with Gasteiger partial charge in [0.2, 0.25) is 5.91 Å². The van der Waals surface area contributed by atoms with Crippen molar-refractivity contribution in [2.75, 3.05) is 13.1 Å². The lowest BCUT2D eigenvalue weighted by atomic mass is 9.95. The second kappa shape index (κ2) is 5.43. The summed E-state index contributed by atoms with van der Waals surface area (Å²) in [6, 6.07) is 0.808. The Bertz CT molecular complexity index is 329. The standard InChI is InChI=1S/C13H23N3OS/c1-9-3-4-10(2)16(9)12(17)11-5-7-15(8-6-11)13(14)18/h9-11H,3-8H2,1-2H3,(H2,14,18). The van der Waals surface area contributed by atoms with Crippen molar-refractivity contribution in [3.63, 3.8) is 0 Å². The molecular formula is C13H23N3OS. The van der Waals surface area contributed by atoms with Crippen LogP contribution < -0.4 is 5.73 Å². The first-order valence-corrected chi connectivity index (χ1v) is 7.28. The second-order valence-electron chi connectivity index (χ2n) is 5.62. The average molecular weight is 269 g/mol. The zero-order valence-electron chi connectivity index (χ0n) is 11.3. The molecule has 102 valence electrons. The van der Waals surface area contributed by atoms with E-state index in [1.54, 1.807) is 0 Å². The fraction of sp³-hybridized carbons (Fsp3) is 0.846. The Morgan fingerprint density at radius 2 is 1.61 bits per heavy atom. The molecule has 0 aromatic carbocycles. The largest absolute Gasteiger partial charge is 0.376 e. The van der Waals surface area contributed by atoms with Crippen molar-refractivity contribution in [1.82, 2.24) is 9.80 Å². The van der Waals surface area contributed by atoms with Gasteiger partial charge in [-0.15, -0.1) is 0 Å². The van der Waals surface area contributed by atoms with Gasteiger partial charge in [0.05, 0.1) is 0 Å². The first-order valence-electron chi connectivity index (χ1n) is 6.87. The number of hydrogen-bond donors (Lipinski definition) is 1. The molecule has 0 aromatic heterocycles. The molecule has 2 fully saturated rings. The Labute approximate surface area is 114 Å². The molecule has 2 aliphatic heterocycles. The molecule has 2 N–H and O–H groups in total. The van der Waals surface area contributed by atoms with Crippen molar-refractivity contribution in [1.29, 1.82) is 0 Å². The molecule has 0 radical (unpaired) electrons. The molecule has 0 bridgehead atoms. The van der Waals surface area contributed by atoms with Crippen molar-refractivity contribution in [2.45, 2.75) is 51.6 Å². The smallest absolute Gasteiger partial charge is 0.226 e. The highest BCUT2D eigenvalue weighted by Gasteiger charge is 2.36. The van der Waals surface area contributed by atoms with Gasteiger partial charge in [-0.2, -0.15) is 0 Å². The van der Waals surface area contributed by atoms with E-state index in [1.807, 2.05) is 4.90 Å². The van der Waals surface area contributed by atoms with Crippen LogP contribution in [-0.2, 0) is 4.79 Å². The monoisotopic (exact) mass is 269 g/mol. The lowest BCUT2D eigenvalue weighted by Crippen LogP contribution is -2.48. The van der Waals surface area contributed by atoms with E-state index in [2.05, 4.69) is 18.7 Å². The van der Waals surface area contributed by atoms with Gasteiger partial charge in [-0.1, -0.05) is 0 Å². The summed E-state index contributed by atoms with van der Waals surface area (Å²) in [5.74, 6) is 0.508. The lowest BCUT2D eigenvalue weighted by Gasteiger charge is -2.36. The van der Waals surface area contributed by atoms with Crippen LogP contribution in [-0.4, -0.2) is 46.0 Å². The summed E-state index contributed by atoms with van der Waals surface area (Å²) in [7, 11) is 0. The van der Waals surface area contributed by atoms with Gasteiger partial charge in [0.25, 0.3) is 0 Å². The van der Waals surface area contributed by atoms with Crippen LogP contribution in [0.2, 0.25) is 0 Å². The highest BCUT2D eigenvalue weighted by Crippen LogP contribution is 2.28. The summed E-state index contributed by atoms with van der Waals surface area (Å²) in [6.45, 7) is 5.96. The third-order valence-corrected chi connectivity index (χ3v) is 4.62. The van der Waals surface area contributed by atoms with Gasteiger partial charge in [0.1, 0.15) is 0 Å². The molecule has 2 saturated heterocycles. The molecule has 0 aromatic rings. The van der Waals surface area contributed by atoms with E-state index in [1.165, 1.54) is 0 Å². The van der Waals surface area contributed by atoms with Gasteiger partial charge in [0.15, 0.2) is 5.11 Å². The van der Waals surface area contributed by atoms with Gasteiger partial charge < -0.3 is 15.5 Å². The van der Waals surface area contributed by atoms with Crippen molar-refractivity contribution >= 4 is 23.2 Å². The Morgan fingerprint density at radius 1 is 1.11 bits per heavy atom. The fourth-order valence-corrected chi connectivity index (χ4v) is 3.37. The molecule has 0 saturated carbocycles. The van der Waals surface area contributed by atoms with Gasteiger partial charge in [-0.05, 0) is 51.7 Å². The highest BCUT2D eigenvalue weighted by molar-refractivity contribution is 7.80. The number of carbonyl (C=O) groups is 1. The molecule has 2 aliphatic rings. The van der Waals surface area contributed by atoms with Crippen LogP contribution in [0.4, 0.5) is 0 Å². The predicted molar refractivity (Wildman–Crippen MR) is 76.1 cm³/mol. The van der Waals surface area contributed by atoms with Crippen LogP contribution in [0.15, 0.2) is 0 Å². The van der Waals surface area contributed by atoms with Gasteiger partial charge in [-0.25, -0.2) is 0 Å². The number of carbonyl (C=O) groups excluding carboxylic acids is 1. The Hall–Kier alpha value is -0.840. The topological polar surface area (TPSA) is 49.6 Å². The minimum atomic E-state index is 0.165. The molecule has 2 heterocycles. The van der Waals surface area contributed by atoms with E-state index in [-0.39, 0.29) is 5.92 Å². The predicted octanol–water partition coefficient (Wildman–Crippen LogP) is 1.34. The molecule has 2 atom stereocenters. The van der Waals surface area contributed by atoms with Crippen LogP contribution in [0.3, 0.4) is 0 Å². The first-order chi connectivity index (χ1) is 8.50. The summed E-state index contributed by atoms with van der Waals surface area (Å²) < 4.78 is 0. The first kappa shape index (κ1) is 13.6. The van der Waals surface area contributed by atoms with E-state index in [4.69, 9.17) is 18.0 Å². The Morgan fingerprint density at radius 3 is 2.06 bits per heavy atom. The summed E-state index contributed by atoms with van der Waals surface area (Å²) in [4.78, 5) is 16.6. The number of piperidine rings is 1. The van der Waals surface area contributed by atoms with Gasteiger partial charge in [0, 0.05) is 31.1 Å². The highest BCUT2D eigenvalue weighted by atomic mass is 32.1. The zero-order valence-corrected chi connectivity index (χ0v) is 12.1. The number of nitrogens with zero attached hydrogens (tertiary/aromatic N) is 2. The maximum atomic E-state index is 12.5. The quantitative estimate of drug-likeness (QED) is 0.730. The number of hydrogen-bond acceptors (Lipinski definition) is 2. The summed E-state index contributed by atoms with van der Waals surface area (Å²) in [5, 5.41) is 0.462. The zero-order chi connectivity index (χ0) is 13.3. The van der Waals surface area contributed by atoms with Gasteiger partial charge >= 0.3 is 0 Å². The van der Waals surface area contributed by atoms with Gasteiger partial charge in [-0.3, -0.25) is 4.79 Å². The van der Waals surface area contributed by atoms with Crippen LogP contribution in [0.25, 0.3) is 0 Å². The fourth-order valence-electron chi connectivity index (χ4n) is 3.19. The summed E-state index contributed by atoms with van der Waals surface area (Å²) in [5.41, 5.74) is 5.62. The molecule has 2 unspecified atom stereocenters. The number of thiocarbonyl (C=S) groups is 1. The van der Waals surface area contributed by atoms with E-state index in [0.29, 0.717) is 23.1 Å². The Balaban J connectivity index is 1.93. The average Bonchev–Trinajstić information content (AvgIpc) is 2.68. The van der Waals surface area contributed by atoms with E-state index < -0.39 is 0 Å². The SMILES string of the molecule is CC1CCC(C)N1C(=O)C1CCN(C(N)=S)CC1. The minimum absolute atomic E-state index is 0.165. The van der Waals surface area contributed by atoms with E-state index >= 15 is 0 Å². The molecule has 0 spiro atoms. The van der Waals surface area contributed by atoms with E-state index in [9.17, 15) is 4.79 Å². The van der Waals surface area contributed by atoms with Crippen molar-refractivity contribution in [2.24, 2.45) is 11.7 Å². The lowest BCUT2D eigenvalue weighted by molar-refractivity contribution is -0.139. The van der Waals surface area contributed by atoms with Crippen molar-refractivity contribution in [3.8, 4) is 0 Å². The molecule has 5 heteroatoms. The van der Waals surface area contributed by atoms with Crippen molar-refractivity contribution in [3.05, 3.63) is 0 Å².